The molecule has 8 aliphatic rings. The summed E-state index contributed by atoms with van der Waals surface area (Å²) in [5, 5.41) is 15.6. The second-order valence-corrected chi connectivity index (χ2v) is 37.7. The standard InChI is InChI=1S/C62H103N3O7SSi/c1-41(2)73(69,70)65-36-34-64(35-37-65)47(42(3)72-74(15,16)54(4,5)6)39-63-61-29-24-44(57(11)30-31-57)51(61)45-22-23-50-58(12)27-25-49(55(7,8)48(58)26-28-60(50,14)59(45,13)32-33-61)62(53(67)68)38-46(56(62,9)10)52(66)71-40-43-20-18-17-19-21-43/h17-21,41-42,44-51,63H,22-40H2,1-16H3,(H,67,68)/t42-,44-,45-,46+,47-,48-,49+,50-,51-,58-,59-,60-,61+,62-/m1/s1. The van der Waals surface area contributed by atoms with Crippen LogP contribution < -0.4 is 5.32 Å². The molecule has 8 fully saturated rings. The number of esters is 1. The summed E-state index contributed by atoms with van der Waals surface area (Å²) in [5.41, 5.74) is -0.0714. The number of benzene rings is 1. The quantitative estimate of drug-likeness (QED) is 0.130. The van der Waals surface area contributed by atoms with Crippen LogP contribution in [0.15, 0.2) is 30.3 Å². The fraction of sp³-hybridized carbons (Fsp3) is 0.871. The van der Waals surface area contributed by atoms with E-state index in [1.54, 1.807) is 18.2 Å². The van der Waals surface area contributed by atoms with Gasteiger partial charge in [0.15, 0.2) is 8.32 Å². The number of carbonyl (C=O) groups is 2. The minimum Gasteiger partial charge on any atom is -0.481 e. The van der Waals surface area contributed by atoms with Gasteiger partial charge < -0.3 is 19.6 Å². The van der Waals surface area contributed by atoms with E-state index < -0.39 is 46.3 Å². The average molecular weight is 1060 g/mol. The van der Waals surface area contributed by atoms with Gasteiger partial charge in [-0.25, -0.2) is 8.42 Å². The minimum absolute atomic E-state index is 0.00623. The third kappa shape index (κ3) is 8.63. The van der Waals surface area contributed by atoms with Crippen molar-refractivity contribution in [2.24, 2.45) is 79.3 Å². The summed E-state index contributed by atoms with van der Waals surface area (Å²) < 4.78 is 41.7. The van der Waals surface area contributed by atoms with Gasteiger partial charge in [-0.1, -0.05) is 106 Å². The van der Waals surface area contributed by atoms with Crippen molar-refractivity contribution in [3.8, 4) is 0 Å². The SMILES string of the molecule is CC(C)S(=O)(=O)N1CCN([C@H](CN[C@]23CC[C@@H](C4(C)CC4)[C@@H]2[C@H]2CC[C@@H]4[C@]5(C)CC[C@H]([C@@]6(C(=O)O)C[C@@H](C(=O)OCc7ccccc7)C6(C)C)C(C)(C)[C@H]5CC[C@@]4(C)[C@]2(C)CC3)[C@@H](C)O[Si](C)(C)C(C)(C)C)CC1. The molecule has 10 nitrogen and oxygen atoms in total. The Morgan fingerprint density at radius 1 is 0.770 bits per heavy atom. The normalized spacial score (nSPS) is 40.6. The number of carboxylic acid groups (broad SMARTS) is 1. The summed E-state index contributed by atoms with van der Waals surface area (Å²) in [4.78, 5) is 30.3. The first kappa shape index (κ1) is 56.9. The molecule has 12 heteroatoms. The van der Waals surface area contributed by atoms with Crippen LogP contribution in [0.4, 0.5) is 0 Å². The van der Waals surface area contributed by atoms with Gasteiger partial charge in [-0.3, -0.25) is 14.5 Å². The molecule has 9 rings (SSSR count). The second kappa shape index (κ2) is 18.9. The maximum absolute atomic E-state index is 14.0. The van der Waals surface area contributed by atoms with Crippen molar-refractivity contribution in [2.75, 3.05) is 32.7 Å². The Balaban J connectivity index is 0.963. The van der Waals surface area contributed by atoms with Crippen molar-refractivity contribution in [2.45, 2.75) is 228 Å². The monoisotopic (exact) mass is 1060 g/mol. The maximum Gasteiger partial charge on any atom is 0.310 e. The smallest absolute Gasteiger partial charge is 0.310 e. The van der Waals surface area contributed by atoms with Gasteiger partial charge in [0, 0.05) is 44.3 Å². The molecular formula is C62H103N3O7SSi. The topological polar surface area (TPSA) is 125 Å². The van der Waals surface area contributed by atoms with Gasteiger partial charge in [0.05, 0.1) is 22.7 Å². The van der Waals surface area contributed by atoms with E-state index in [1.807, 2.05) is 44.2 Å². The number of fused-ring (bicyclic) bond motifs is 7. The molecule has 1 saturated heterocycles. The highest BCUT2D eigenvalue weighted by molar-refractivity contribution is 7.89. The number of hydrogen-bond donors (Lipinski definition) is 2. The van der Waals surface area contributed by atoms with Crippen molar-refractivity contribution in [1.29, 1.82) is 0 Å². The van der Waals surface area contributed by atoms with E-state index >= 15 is 0 Å². The number of carboxylic acids is 1. The van der Waals surface area contributed by atoms with Crippen LogP contribution in [0.1, 0.15) is 186 Å². The first-order valence-electron chi connectivity index (χ1n) is 29.8. The number of sulfonamides is 1. The Bertz CT molecular complexity index is 2370. The number of rotatable bonds is 15. The predicted molar refractivity (Wildman–Crippen MR) is 300 cm³/mol. The van der Waals surface area contributed by atoms with E-state index in [0.717, 1.165) is 44.5 Å². The van der Waals surface area contributed by atoms with E-state index in [-0.39, 0.29) is 62.9 Å². The Labute approximate surface area is 451 Å². The molecule has 0 unspecified atom stereocenters. The van der Waals surface area contributed by atoms with E-state index in [2.05, 4.69) is 92.5 Å². The number of nitrogens with one attached hydrogen (secondary N) is 1. The summed E-state index contributed by atoms with van der Waals surface area (Å²) in [6, 6.07) is 9.92. The highest BCUT2D eigenvalue weighted by atomic mass is 32.2. The lowest BCUT2D eigenvalue weighted by Gasteiger charge is -2.75. The molecule has 0 amide bonds. The Morgan fingerprint density at radius 2 is 1.41 bits per heavy atom. The largest absolute Gasteiger partial charge is 0.481 e. The van der Waals surface area contributed by atoms with Crippen LogP contribution in [0, 0.1) is 79.3 Å². The van der Waals surface area contributed by atoms with Crippen LogP contribution in [-0.2, 0) is 35.4 Å². The van der Waals surface area contributed by atoms with E-state index in [1.165, 1.54) is 57.8 Å². The zero-order chi connectivity index (χ0) is 54.3. The minimum atomic E-state index is -3.32. The molecule has 2 N–H and O–H groups in total. The van der Waals surface area contributed by atoms with Crippen LogP contribution in [0.2, 0.25) is 18.1 Å². The predicted octanol–water partition coefficient (Wildman–Crippen LogP) is 12.8. The Hall–Kier alpha value is -1.83. The molecule has 7 aliphatic carbocycles. The van der Waals surface area contributed by atoms with Crippen molar-refractivity contribution < 1.29 is 32.3 Å². The van der Waals surface area contributed by atoms with Crippen LogP contribution in [-0.4, -0.2) is 98.6 Å². The van der Waals surface area contributed by atoms with Crippen molar-refractivity contribution in [1.82, 2.24) is 14.5 Å². The fourth-order valence-corrected chi connectivity index (χ4v) is 22.4. The van der Waals surface area contributed by atoms with Gasteiger partial charge in [0.25, 0.3) is 0 Å². The number of ether oxygens (including phenoxy) is 1. The lowest BCUT2D eigenvalue weighted by Crippen LogP contribution is -2.72. The third-order valence-corrected chi connectivity index (χ3v) is 32.5. The Kier molecular flexibility index (Phi) is 14.5. The van der Waals surface area contributed by atoms with Crippen molar-refractivity contribution in [3.63, 3.8) is 0 Å². The zero-order valence-electron chi connectivity index (χ0n) is 49.3. The molecule has 0 bridgehead atoms. The molecule has 0 radical (unpaired) electrons. The van der Waals surface area contributed by atoms with Gasteiger partial charge >= 0.3 is 11.9 Å². The van der Waals surface area contributed by atoms with Gasteiger partial charge in [-0.15, -0.1) is 0 Å². The number of carbonyl (C=O) groups excluding carboxylic acids is 1. The van der Waals surface area contributed by atoms with Crippen LogP contribution in [0.3, 0.4) is 0 Å². The highest BCUT2D eigenvalue weighted by Crippen LogP contribution is 2.80. The molecule has 14 atom stereocenters. The third-order valence-electron chi connectivity index (χ3n) is 25.6. The molecule has 7 saturated carbocycles. The number of hydrogen-bond acceptors (Lipinski definition) is 8. The van der Waals surface area contributed by atoms with Crippen molar-refractivity contribution in [3.05, 3.63) is 35.9 Å². The van der Waals surface area contributed by atoms with Gasteiger partial charge in [0.1, 0.15) is 6.61 Å². The first-order chi connectivity index (χ1) is 34.2. The maximum atomic E-state index is 14.0. The van der Waals surface area contributed by atoms with Crippen molar-refractivity contribution >= 4 is 30.3 Å². The van der Waals surface area contributed by atoms with Crippen LogP contribution >= 0.6 is 0 Å². The van der Waals surface area contributed by atoms with E-state index in [4.69, 9.17) is 9.16 Å². The molecule has 1 aromatic carbocycles. The van der Waals surface area contributed by atoms with E-state index in [0.29, 0.717) is 54.5 Å². The first-order valence-corrected chi connectivity index (χ1v) is 34.2. The lowest BCUT2D eigenvalue weighted by atomic mass is 9.29. The van der Waals surface area contributed by atoms with Crippen LogP contribution in [0.5, 0.6) is 0 Å². The van der Waals surface area contributed by atoms with E-state index in [9.17, 15) is 23.1 Å². The summed E-state index contributed by atoms with van der Waals surface area (Å²) >= 11 is 0. The van der Waals surface area contributed by atoms with Gasteiger partial charge in [-0.05, 0) is 196 Å². The second-order valence-electron chi connectivity index (χ2n) is 30.5. The summed E-state index contributed by atoms with van der Waals surface area (Å²) in [5.74, 6) is 1.44. The molecule has 0 spiro atoms. The average Bonchev–Trinajstić information content (AvgIpc) is 3.94. The van der Waals surface area contributed by atoms with Gasteiger partial charge in [0.2, 0.25) is 10.0 Å². The summed E-state index contributed by atoms with van der Waals surface area (Å²) in [6.45, 7) is 40.9. The molecule has 74 heavy (non-hydrogen) atoms. The Morgan fingerprint density at radius 3 is 1.99 bits per heavy atom. The highest BCUT2D eigenvalue weighted by Gasteiger charge is 2.77. The number of aliphatic carboxylic acids is 1. The lowest BCUT2D eigenvalue weighted by molar-refractivity contribution is -0.268. The molecule has 1 aliphatic heterocycles. The number of nitrogens with zero attached hydrogens (tertiary/aromatic N) is 2. The molecule has 1 aromatic rings. The molecule has 418 valence electrons. The summed E-state index contributed by atoms with van der Waals surface area (Å²) in [6.07, 6.45) is 14.8. The fourth-order valence-electron chi connectivity index (χ4n) is 19.7. The number of piperazine rings is 1. The van der Waals surface area contributed by atoms with Gasteiger partial charge in [-0.2, -0.15) is 4.31 Å². The molecule has 1 heterocycles. The zero-order valence-corrected chi connectivity index (χ0v) is 51.1. The molecular weight excluding hydrogens is 959 g/mol. The van der Waals surface area contributed by atoms with Crippen LogP contribution in [0.25, 0.3) is 0 Å². The summed E-state index contributed by atoms with van der Waals surface area (Å²) in [7, 11) is -5.43. The molecule has 0 aromatic heterocycles.